The summed E-state index contributed by atoms with van der Waals surface area (Å²) in [5.74, 6) is -1.22. The van der Waals surface area contributed by atoms with E-state index in [0.717, 1.165) is 31.6 Å². The first kappa shape index (κ1) is 21.4. The number of fused-ring (bicyclic) bond motifs is 1. The summed E-state index contributed by atoms with van der Waals surface area (Å²) < 4.78 is 0. The minimum absolute atomic E-state index is 0.0761. The van der Waals surface area contributed by atoms with Gasteiger partial charge in [0.2, 0.25) is 0 Å². The van der Waals surface area contributed by atoms with Crippen molar-refractivity contribution in [2.24, 2.45) is 0 Å². The molecule has 2 aliphatic heterocycles. The van der Waals surface area contributed by atoms with Crippen LogP contribution in [0.4, 0.5) is 11.4 Å². The molecule has 0 bridgehead atoms. The van der Waals surface area contributed by atoms with E-state index < -0.39 is 11.8 Å². The average molecular weight is 421 g/mol. The summed E-state index contributed by atoms with van der Waals surface area (Å²) in [5.41, 5.74) is 5.55. The number of rotatable bonds is 5. The zero-order valence-electron chi connectivity index (χ0n) is 18.5. The van der Waals surface area contributed by atoms with Gasteiger partial charge in [-0.1, -0.05) is 30.7 Å². The Hall–Kier alpha value is -2.86. The van der Waals surface area contributed by atoms with Crippen molar-refractivity contribution in [2.45, 2.75) is 38.6 Å². The molecule has 0 spiro atoms. The molecular weight excluding hydrogens is 388 g/mol. The van der Waals surface area contributed by atoms with Gasteiger partial charge in [-0.05, 0) is 74.2 Å². The molecule has 1 atom stereocenters. The van der Waals surface area contributed by atoms with Gasteiger partial charge in [-0.15, -0.1) is 0 Å². The van der Waals surface area contributed by atoms with E-state index in [2.05, 4.69) is 45.7 Å². The molecule has 4 rings (SSSR count). The summed E-state index contributed by atoms with van der Waals surface area (Å²) in [6.07, 6.45) is 4.65. The number of nitrogens with one attached hydrogen (secondary N) is 2. The van der Waals surface area contributed by atoms with E-state index in [4.69, 9.17) is 0 Å². The Morgan fingerprint density at radius 2 is 1.81 bits per heavy atom. The summed E-state index contributed by atoms with van der Waals surface area (Å²) >= 11 is 0. The molecule has 1 unspecified atom stereocenters. The molecule has 31 heavy (non-hydrogen) atoms. The smallest absolute Gasteiger partial charge is 0.313 e. The molecule has 0 saturated carbocycles. The number of carbonyl (C=O) groups excluding carboxylic acids is 2. The lowest BCUT2D eigenvalue weighted by Gasteiger charge is -2.35. The van der Waals surface area contributed by atoms with Gasteiger partial charge in [0.25, 0.3) is 0 Å². The van der Waals surface area contributed by atoms with Crippen LogP contribution in [0.25, 0.3) is 0 Å². The van der Waals surface area contributed by atoms with Crippen molar-refractivity contribution >= 4 is 23.2 Å². The fraction of sp³-hybridized carbons (Fsp3) is 0.440. The second kappa shape index (κ2) is 9.52. The quantitative estimate of drug-likeness (QED) is 0.729. The molecule has 6 heteroatoms. The van der Waals surface area contributed by atoms with E-state index in [1.165, 1.54) is 36.1 Å². The Morgan fingerprint density at radius 1 is 1.00 bits per heavy atom. The molecule has 6 nitrogen and oxygen atoms in total. The number of aryl methyl sites for hydroxylation is 1. The van der Waals surface area contributed by atoms with Crippen LogP contribution >= 0.6 is 0 Å². The number of amides is 2. The van der Waals surface area contributed by atoms with Gasteiger partial charge in [-0.25, -0.2) is 0 Å². The molecule has 0 radical (unpaired) electrons. The van der Waals surface area contributed by atoms with Crippen molar-refractivity contribution in [1.82, 2.24) is 10.2 Å². The topological polar surface area (TPSA) is 64.7 Å². The van der Waals surface area contributed by atoms with Gasteiger partial charge >= 0.3 is 11.8 Å². The third-order valence-electron chi connectivity index (χ3n) is 6.39. The van der Waals surface area contributed by atoms with Crippen molar-refractivity contribution in [2.75, 3.05) is 43.4 Å². The summed E-state index contributed by atoms with van der Waals surface area (Å²) in [6, 6.07) is 14.2. The Balaban J connectivity index is 1.45. The zero-order valence-corrected chi connectivity index (χ0v) is 18.5. The Labute approximate surface area is 184 Å². The van der Waals surface area contributed by atoms with E-state index in [-0.39, 0.29) is 6.04 Å². The molecule has 2 aliphatic rings. The number of hydrogen-bond acceptors (Lipinski definition) is 4. The second-order valence-corrected chi connectivity index (χ2v) is 8.71. The Bertz CT molecular complexity index is 952. The van der Waals surface area contributed by atoms with Crippen LogP contribution in [0.1, 0.15) is 42.0 Å². The SMILES string of the molecule is Cc1cccc(NC(=O)C(=O)NCC(c2ccc3c(c2)CCN3C)N2CCCCC2)c1. The fourth-order valence-corrected chi connectivity index (χ4v) is 4.66. The largest absolute Gasteiger partial charge is 0.374 e. The van der Waals surface area contributed by atoms with Crippen molar-refractivity contribution in [3.8, 4) is 0 Å². The molecule has 2 aromatic carbocycles. The molecule has 2 amide bonds. The highest BCUT2D eigenvalue weighted by Crippen LogP contribution is 2.32. The first-order valence-electron chi connectivity index (χ1n) is 11.2. The predicted molar refractivity (Wildman–Crippen MR) is 124 cm³/mol. The number of piperidine rings is 1. The van der Waals surface area contributed by atoms with Gasteiger partial charge in [-0.3, -0.25) is 14.5 Å². The van der Waals surface area contributed by atoms with Gasteiger partial charge in [0.1, 0.15) is 0 Å². The van der Waals surface area contributed by atoms with Crippen molar-refractivity contribution in [3.63, 3.8) is 0 Å². The lowest BCUT2D eigenvalue weighted by Crippen LogP contribution is -2.43. The third-order valence-corrected chi connectivity index (χ3v) is 6.39. The first-order chi connectivity index (χ1) is 15.0. The lowest BCUT2D eigenvalue weighted by atomic mass is 9.98. The van der Waals surface area contributed by atoms with E-state index in [1.54, 1.807) is 6.07 Å². The summed E-state index contributed by atoms with van der Waals surface area (Å²) in [7, 11) is 2.13. The zero-order chi connectivity index (χ0) is 21.8. The van der Waals surface area contributed by atoms with Crippen molar-refractivity contribution in [1.29, 1.82) is 0 Å². The molecule has 0 aliphatic carbocycles. The first-order valence-corrected chi connectivity index (χ1v) is 11.2. The molecule has 164 valence electrons. The average Bonchev–Trinajstić information content (AvgIpc) is 3.14. The minimum atomic E-state index is -0.626. The van der Waals surface area contributed by atoms with Crippen molar-refractivity contribution in [3.05, 3.63) is 59.2 Å². The van der Waals surface area contributed by atoms with Gasteiger partial charge in [-0.2, -0.15) is 0 Å². The lowest BCUT2D eigenvalue weighted by molar-refractivity contribution is -0.136. The van der Waals surface area contributed by atoms with E-state index in [9.17, 15) is 9.59 Å². The van der Waals surface area contributed by atoms with Gasteiger partial charge in [0.05, 0.1) is 6.04 Å². The van der Waals surface area contributed by atoms with Crippen LogP contribution in [0, 0.1) is 6.92 Å². The monoisotopic (exact) mass is 420 g/mol. The van der Waals surface area contributed by atoms with Gasteiger partial charge in [0, 0.05) is 31.5 Å². The Kier molecular flexibility index (Phi) is 6.56. The van der Waals surface area contributed by atoms with Gasteiger partial charge in [0.15, 0.2) is 0 Å². The normalized spacial score (nSPS) is 17.2. The van der Waals surface area contributed by atoms with Crippen molar-refractivity contribution < 1.29 is 9.59 Å². The van der Waals surface area contributed by atoms with E-state index in [1.807, 2.05) is 25.1 Å². The standard InChI is InChI=1S/C25H32N4O2/c1-18-7-6-8-21(15-18)27-25(31)24(30)26-17-23(29-12-4-3-5-13-29)19-9-10-22-20(16-19)11-14-28(22)2/h6-10,15-16,23H,3-5,11-14,17H2,1-2H3,(H,26,30)(H,27,31). The van der Waals surface area contributed by atoms with E-state index >= 15 is 0 Å². The molecule has 2 aromatic rings. The highest BCUT2D eigenvalue weighted by Gasteiger charge is 2.26. The number of likely N-dealkylation sites (N-methyl/N-ethyl adjacent to an activating group) is 1. The predicted octanol–water partition coefficient (Wildman–Crippen LogP) is 3.27. The summed E-state index contributed by atoms with van der Waals surface area (Å²) in [4.78, 5) is 29.7. The number of anilines is 2. The maximum absolute atomic E-state index is 12.5. The van der Waals surface area contributed by atoms with Crippen LogP contribution in [0.3, 0.4) is 0 Å². The van der Waals surface area contributed by atoms with Crippen LogP contribution in [-0.4, -0.2) is 49.9 Å². The van der Waals surface area contributed by atoms with Crippen LogP contribution in [-0.2, 0) is 16.0 Å². The Morgan fingerprint density at radius 3 is 2.58 bits per heavy atom. The minimum Gasteiger partial charge on any atom is -0.374 e. The molecule has 2 heterocycles. The number of carbonyl (C=O) groups is 2. The van der Waals surface area contributed by atoms with Crippen LogP contribution in [0.5, 0.6) is 0 Å². The highest BCUT2D eigenvalue weighted by atomic mass is 16.2. The van der Waals surface area contributed by atoms with Crippen LogP contribution < -0.4 is 15.5 Å². The number of hydrogen-bond donors (Lipinski definition) is 2. The molecule has 1 fully saturated rings. The number of benzene rings is 2. The molecule has 1 saturated heterocycles. The third kappa shape index (κ3) is 5.07. The number of likely N-dealkylation sites (tertiary alicyclic amines) is 1. The van der Waals surface area contributed by atoms with Crippen LogP contribution in [0.2, 0.25) is 0 Å². The van der Waals surface area contributed by atoms with Crippen LogP contribution in [0.15, 0.2) is 42.5 Å². The highest BCUT2D eigenvalue weighted by molar-refractivity contribution is 6.39. The summed E-state index contributed by atoms with van der Waals surface area (Å²) in [5, 5.41) is 5.58. The van der Waals surface area contributed by atoms with E-state index in [0.29, 0.717) is 12.2 Å². The fourth-order valence-electron chi connectivity index (χ4n) is 4.66. The molecular formula is C25H32N4O2. The summed E-state index contributed by atoms with van der Waals surface area (Å²) in [6.45, 7) is 5.46. The number of nitrogens with zero attached hydrogens (tertiary/aromatic N) is 2. The maximum Gasteiger partial charge on any atom is 0.313 e. The second-order valence-electron chi connectivity index (χ2n) is 8.71. The molecule has 2 N–H and O–H groups in total. The molecule has 0 aromatic heterocycles. The maximum atomic E-state index is 12.5. The van der Waals surface area contributed by atoms with Gasteiger partial charge < -0.3 is 15.5 Å².